The van der Waals surface area contributed by atoms with E-state index in [0.717, 1.165) is 44.4 Å². The molecule has 3 heteroatoms. The molecule has 0 heterocycles. The second-order valence-corrected chi connectivity index (χ2v) is 10.9. The van der Waals surface area contributed by atoms with Crippen molar-refractivity contribution in [3.05, 3.63) is 11.6 Å². The van der Waals surface area contributed by atoms with Gasteiger partial charge in [0.2, 0.25) is 0 Å². The zero-order valence-electron chi connectivity index (χ0n) is 18.8. The predicted molar refractivity (Wildman–Crippen MR) is 115 cm³/mol. The number of unbranched alkanes of at least 4 members (excludes halogenated alkanes) is 3. The Morgan fingerprint density at radius 1 is 1.03 bits per heavy atom. The van der Waals surface area contributed by atoms with Gasteiger partial charge in [0.1, 0.15) is 6.10 Å². The molecule has 162 valence electrons. The van der Waals surface area contributed by atoms with Crippen LogP contribution in [0.3, 0.4) is 0 Å². The summed E-state index contributed by atoms with van der Waals surface area (Å²) in [6.45, 7) is 7.05. The molecule has 0 aliphatic heterocycles. The van der Waals surface area contributed by atoms with E-state index in [-0.39, 0.29) is 22.9 Å². The molecule has 3 nitrogen and oxygen atoms in total. The summed E-state index contributed by atoms with van der Waals surface area (Å²) in [4.78, 5) is 24.5. The van der Waals surface area contributed by atoms with Crippen LogP contribution < -0.4 is 0 Å². The van der Waals surface area contributed by atoms with Crippen LogP contribution in [0.1, 0.15) is 104 Å². The van der Waals surface area contributed by atoms with Gasteiger partial charge in [-0.25, -0.2) is 0 Å². The van der Waals surface area contributed by atoms with Crippen LogP contribution in [-0.2, 0) is 14.3 Å². The molecule has 4 aliphatic carbocycles. The Hall–Kier alpha value is -1.12. The van der Waals surface area contributed by atoms with Crippen LogP contribution in [0.2, 0.25) is 0 Å². The summed E-state index contributed by atoms with van der Waals surface area (Å²) in [5, 5.41) is 0. The molecule has 4 rings (SSSR count). The lowest BCUT2D eigenvalue weighted by molar-refractivity contribution is -0.160. The third-order valence-electron chi connectivity index (χ3n) is 9.38. The molecule has 0 aromatic rings. The standard InChI is InChI=1S/C26H40O3/c1-4-5-6-7-8-24(28)29-23-12-11-21-20-10-9-18-17-19(27)13-15-25(18,2)22(20)14-16-26(21,23)3/h17,20-23H,4-16H2,1-3H3/t20-,21-,22-,23+,25+,26-/m1/s1. The van der Waals surface area contributed by atoms with Crippen molar-refractivity contribution >= 4 is 11.8 Å². The van der Waals surface area contributed by atoms with E-state index in [1.807, 2.05) is 6.08 Å². The normalized spacial score (nSPS) is 41.2. The SMILES string of the molecule is CCCCCCC(=O)O[C@H]1CC[C@@H]2[C@H]3CCC4=CC(=O)CC[C@]4(C)[C@@H]3CC[C@@]12C. The molecule has 6 atom stereocenters. The Kier molecular flexibility index (Phi) is 5.97. The van der Waals surface area contributed by atoms with Crippen molar-refractivity contribution in [1.82, 2.24) is 0 Å². The van der Waals surface area contributed by atoms with Crippen molar-refractivity contribution in [2.24, 2.45) is 28.6 Å². The molecular formula is C26H40O3. The van der Waals surface area contributed by atoms with Crippen molar-refractivity contribution < 1.29 is 14.3 Å². The van der Waals surface area contributed by atoms with Crippen molar-refractivity contribution in [3.63, 3.8) is 0 Å². The molecule has 0 N–H and O–H groups in total. The zero-order chi connectivity index (χ0) is 20.6. The van der Waals surface area contributed by atoms with E-state index >= 15 is 0 Å². The van der Waals surface area contributed by atoms with Gasteiger partial charge in [-0.2, -0.15) is 0 Å². The van der Waals surface area contributed by atoms with Crippen LogP contribution in [0.15, 0.2) is 11.6 Å². The number of esters is 1. The summed E-state index contributed by atoms with van der Waals surface area (Å²) >= 11 is 0. The highest BCUT2D eigenvalue weighted by molar-refractivity contribution is 5.91. The highest BCUT2D eigenvalue weighted by atomic mass is 16.5. The van der Waals surface area contributed by atoms with Crippen LogP contribution in [0.5, 0.6) is 0 Å². The number of allylic oxidation sites excluding steroid dienone is 1. The summed E-state index contributed by atoms with van der Waals surface area (Å²) in [7, 11) is 0. The van der Waals surface area contributed by atoms with Gasteiger partial charge < -0.3 is 4.74 Å². The first kappa shape index (κ1) is 21.1. The van der Waals surface area contributed by atoms with Gasteiger partial charge >= 0.3 is 5.97 Å². The van der Waals surface area contributed by atoms with E-state index in [1.165, 1.54) is 44.1 Å². The van der Waals surface area contributed by atoms with Crippen molar-refractivity contribution in [2.45, 2.75) is 110 Å². The summed E-state index contributed by atoms with van der Waals surface area (Å²) in [5.74, 6) is 2.48. The van der Waals surface area contributed by atoms with Gasteiger partial charge in [0.05, 0.1) is 0 Å². The molecule has 29 heavy (non-hydrogen) atoms. The molecule has 3 saturated carbocycles. The van der Waals surface area contributed by atoms with Gasteiger partial charge in [-0.15, -0.1) is 0 Å². The predicted octanol–water partition coefficient (Wildman–Crippen LogP) is 6.40. The molecular weight excluding hydrogens is 360 g/mol. The lowest BCUT2D eigenvalue weighted by Crippen LogP contribution is -2.51. The van der Waals surface area contributed by atoms with Gasteiger partial charge in [-0.05, 0) is 80.6 Å². The number of carbonyl (C=O) groups excluding carboxylic acids is 2. The molecule has 0 unspecified atom stereocenters. The molecule has 0 bridgehead atoms. The van der Waals surface area contributed by atoms with E-state index < -0.39 is 0 Å². The van der Waals surface area contributed by atoms with Crippen molar-refractivity contribution in [3.8, 4) is 0 Å². The molecule has 3 fully saturated rings. The van der Waals surface area contributed by atoms with Gasteiger partial charge in [0.25, 0.3) is 0 Å². The first-order chi connectivity index (χ1) is 13.9. The summed E-state index contributed by atoms with van der Waals surface area (Å²) < 4.78 is 6.09. The van der Waals surface area contributed by atoms with E-state index in [4.69, 9.17) is 4.74 Å². The molecule has 0 aromatic carbocycles. The van der Waals surface area contributed by atoms with Crippen molar-refractivity contribution in [2.75, 3.05) is 0 Å². The third-order valence-corrected chi connectivity index (χ3v) is 9.38. The summed E-state index contributed by atoms with van der Waals surface area (Å²) in [5.41, 5.74) is 1.82. The van der Waals surface area contributed by atoms with Crippen LogP contribution in [0.4, 0.5) is 0 Å². The number of carbonyl (C=O) groups is 2. The number of hydrogen-bond acceptors (Lipinski definition) is 3. The maximum absolute atomic E-state index is 12.5. The minimum atomic E-state index is 0.0294. The van der Waals surface area contributed by atoms with Gasteiger partial charge in [-0.3, -0.25) is 9.59 Å². The second kappa shape index (κ2) is 8.19. The Labute approximate surface area is 177 Å². The first-order valence-electron chi connectivity index (χ1n) is 12.3. The number of ketones is 1. The minimum absolute atomic E-state index is 0.0294. The molecule has 0 radical (unpaired) electrons. The Balaban J connectivity index is 1.43. The van der Waals surface area contributed by atoms with E-state index in [1.54, 1.807) is 0 Å². The fourth-order valence-corrected chi connectivity index (χ4v) is 7.62. The molecule has 0 amide bonds. The van der Waals surface area contributed by atoms with Crippen LogP contribution >= 0.6 is 0 Å². The van der Waals surface area contributed by atoms with Crippen molar-refractivity contribution in [1.29, 1.82) is 0 Å². The monoisotopic (exact) mass is 400 g/mol. The summed E-state index contributed by atoms with van der Waals surface area (Å²) in [6.07, 6.45) is 15.9. The van der Waals surface area contributed by atoms with E-state index in [0.29, 0.717) is 24.0 Å². The second-order valence-electron chi connectivity index (χ2n) is 10.9. The first-order valence-corrected chi connectivity index (χ1v) is 12.3. The average molecular weight is 401 g/mol. The number of hydrogen-bond donors (Lipinski definition) is 0. The maximum atomic E-state index is 12.5. The van der Waals surface area contributed by atoms with Crippen LogP contribution in [0.25, 0.3) is 0 Å². The quantitative estimate of drug-likeness (QED) is 0.383. The number of rotatable bonds is 6. The number of ether oxygens (including phenoxy) is 1. The highest BCUT2D eigenvalue weighted by Gasteiger charge is 2.59. The number of fused-ring (bicyclic) bond motifs is 5. The Morgan fingerprint density at radius 2 is 1.86 bits per heavy atom. The third kappa shape index (κ3) is 3.72. The Morgan fingerprint density at radius 3 is 2.66 bits per heavy atom. The van der Waals surface area contributed by atoms with Gasteiger partial charge in [-0.1, -0.05) is 45.6 Å². The molecule has 4 aliphatic rings. The average Bonchev–Trinajstić information content (AvgIpc) is 3.02. The Bertz CT molecular complexity index is 679. The van der Waals surface area contributed by atoms with Crippen LogP contribution in [0, 0.1) is 28.6 Å². The van der Waals surface area contributed by atoms with Gasteiger partial charge in [0, 0.05) is 18.3 Å². The highest BCUT2D eigenvalue weighted by Crippen LogP contribution is 2.65. The molecule has 0 aromatic heterocycles. The lowest BCUT2D eigenvalue weighted by Gasteiger charge is -2.57. The summed E-state index contributed by atoms with van der Waals surface area (Å²) in [6, 6.07) is 0. The lowest BCUT2D eigenvalue weighted by atomic mass is 9.47. The zero-order valence-corrected chi connectivity index (χ0v) is 18.8. The smallest absolute Gasteiger partial charge is 0.306 e. The van der Waals surface area contributed by atoms with Gasteiger partial charge in [0.15, 0.2) is 5.78 Å². The largest absolute Gasteiger partial charge is 0.462 e. The maximum Gasteiger partial charge on any atom is 0.306 e. The molecule has 0 spiro atoms. The van der Waals surface area contributed by atoms with E-state index in [9.17, 15) is 9.59 Å². The topological polar surface area (TPSA) is 43.4 Å². The fraction of sp³-hybridized carbons (Fsp3) is 0.846. The molecule has 0 saturated heterocycles. The minimum Gasteiger partial charge on any atom is -0.462 e. The fourth-order valence-electron chi connectivity index (χ4n) is 7.62. The van der Waals surface area contributed by atoms with E-state index in [2.05, 4.69) is 20.8 Å². The van der Waals surface area contributed by atoms with Crippen LogP contribution in [-0.4, -0.2) is 17.9 Å².